The van der Waals surface area contributed by atoms with Crippen LogP contribution in [0.2, 0.25) is 0 Å². The van der Waals surface area contributed by atoms with E-state index in [9.17, 15) is 9.18 Å². The molecule has 1 saturated carbocycles. The predicted octanol–water partition coefficient (Wildman–Crippen LogP) is 6.68. The quantitative estimate of drug-likeness (QED) is 0.493. The molecule has 2 aliphatic rings. The number of allylic oxidation sites excluding steroid dienone is 5. The number of hydrogen-bond acceptors (Lipinski definition) is 3. The molecule has 0 unspecified atom stereocenters. The molecule has 2 fully saturated rings. The van der Waals surface area contributed by atoms with Crippen LogP contribution in [0.15, 0.2) is 58.8 Å². The number of rotatable bonds is 6. The van der Waals surface area contributed by atoms with Crippen LogP contribution in [0.3, 0.4) is 0 Å². The van der Waals surface area contributed by atoms with Crippen molar-refractivity contribution in [3.8, 4) is 0 Å². The zero-order valence-corrected chi connectivity index (χ0v) is 19.1. The highest BCUT2D eigenvalue weighted by Gasteiger charge is 2.23. The monoisotopic (exact) mass is 439 g/mol. The smallest absolute Gasteiger partial charge is 0.309 e. The lowest BCUT2D eigenvalue weighted by Crippen LogP contribution is -2.46. The van der Waals surface area contributed by atoms with Crippen LogP contribution in [0, 0.1) is 11.8 Å². The van der Waals surface area contributed by atoms with Gasteiger partial charge >= 0.3 is 5.97 Å². The van der Waals surface area contributed by atoms with Crippen molar-refractivity contribution >= 4 is 22.5 Å². The molecule has 0 radical (unpaired) electrons. The minimum Gasteiger partial charge on any atom is -0.481 e. The van der Waals surface area contributed by atoms with Crippen LogP contribution in [0.25, 0.3) is 16.5 Å². The van der Waals surface area contributed by atoms with Crippen LogP contribution in [0.5, 0.6) is 0 Å². The van der Waals surface area contributed by atoms with Crippen LogP contribution in [-0.2, 0) is 11.2 Å². The lowest BCUT2D eigenvalue weighted by Gasteiger charge is -2.21. The first-order valence-electron chi connectivity index (χ1n) is 11.5. The van der Waals surface area contributed by atoms with Crippen molar-refractivity contribution in [2.24, 2.45) is 11.8 Å². The lowest BCUT2D eigenvalue weighted by atomic mass is 9.85. The third-order valence-electron chi connectivity index (χ3n) is 6.27. The van der Waals surface area contributed by atoms with E-state index in [1.807, 2.05) is 26.0 Å². The van der Waals surface area contributed by atoms with Crippen molar-refractivity contribution in [1.29, 1.82) is 0 Å². The summed E-state index contributed by atoms with van der Waals surface area (Å²) in [6, 6.07) is 8.69. The van der Waals surface area contributed by atoms with Crippen molar-refractivity contribution in [3.05, 3.63) is 65.7 Å². The molecule has 0 spiro atoms. The molecule has 1 aliphatic carbocycles. The lowest BCUT2D eigenvalue weighted by molar-refractivity contribution is -0.143. The second-order valence-electron chi connectivity index (χ2n) is 8.94. The summed E-state index contributed by atoms with van der Waals surface area (Å²) >= 11 is 0. The highest BCUT2D eigenvalue weighted by Crippen LogP contribution is 2.30. The summed E-state index contributed by atoms with van der Waals surface area (Å²) in [7, 11) is 0. The largest absolute Gasteiger partial charge is 0.481 e. The second kappa shape index (κ2) is 11.8. The fourth-order valence-corrected chi connectivity index (χ4v) is 4.10. The summed E-state index contributed by atoms with van der Waals surface area (Å²) in [4.78, 5) is 9.94. The van der Waals surface area contributed by atoms with E-state index in [-0.39, 0.29) is 5.92 Å². The van der Waals surface area contributed by atoms with Gasteiger partial charge < -0.3 is 14.8 Å². The van der Waals surface area contributed by atoms with Gasteiger partial charge in [-0.05, 0) is 67.2 Å². The normalized spacial score (nSPS) is 18.5. The molecule has 1 aromatic heterocycles. The van der Waals surface area contributed by atoms with Crippen LogP contribution >= 0.6 is 0 Å². The van der Waals surface area contributed by atoms with Crippen LogP contribution < -0.4 is 5.32 Å². The van der Waals surface area contributed by atoms with Crippen molar-refractivity contribution in [1.82, 2.24) is 5.32 Å². The van der Waals surface area contributed by atoms with Gasteiger partial charge in [0.15, 0.2) is 0 Å². The average Bonchev–Trinajstić information content (AvgIpc) is 3.15. The standard InChI is InChI=1S/C23H27FO.C4H7NO2/c1-17(12-13-24)8-9-18(2)23-16-21-15-20(10-11-22(21)25-23)14-19-6-4-3-5-7-19;6-4(7)3-1-5-2-3/h8-13,15-16,19H,3-7,14H2,1-2H3;3,5H,1-2H2,(H,6,7)/b13-12+,17-8-,18-9+;. The van der Waals surface area contributed by atoms with Crippen molar-refractivity contribution in [2.45, 2.75) is 52.4 Å². The summed E-state index contributed by atoms with van der Waals surface area (Å²) < 4.78 is 18.2. The van der Waals surface area contributed by atoms with E-state index in [0.717, 1.165) is 28.4 Å². The van der Waals surface area contributed by atoms with Gasteiger partial charge in [0, 0.05) is 18.5 Å². The molecule has 0 bridgehead atoms. The van der Waals surface area contributed by atoms with Crippen molar-refractivity contribution in [2.75, 3.05) is 13.1 Å². The Morgan fingerprint density at radius 3 is 2.50 bits per heavy atom. The fourth-order valence-electron chi connectivity index (χ4n) is 4.10. The molecule has 1 aromatic carbocycles. The highest BCUT2D eigenvalue weighted by molar-refractivity contribution is 5.82. The van der Waals surface area contributed by atoms with Gasteiger partial charge in [-0.15, -0.1) is 0 Å². The Labute approximate surface area is 189 Å². The minimum absolute atomic E-state index is 0.111. The molecule has 2 N–H and O–H groups in total. The molecule has 0 amide bonds. The number of carboxylic acid groups (broad SMARTS) is 1. The summed E-state index contributed by atoms with van der Waals surface area (Å²) in [6.45, 7) is 5.18. The van der Waals surface area contributed by atoms with Gasteiger partial charge in [-0.25, -0.2) is 4.39 Å². The molecule has 1 saturated heterocycles. The maximum absolute atomic E-state index is 12.2. The Kier molecular flexibility index (Phi) is 8.86. The zero-order valence-electron chi connectivity index (χ0n) is 19.1. The number of carbonyl (C=O) groups is 1. The Morgan fingerprint density at radius 1 is 1.16 bits per heavy atom. The van der Waals surface area contributed by atoms with Crippen LogP contribution in [-0.4, -0.2) is 24.2 Å². The van der Waals surface area contributed by atoms with Gasteiger partial charge in [-0.2, -0.15) is 0 Å². The van der Waals surface area contributed by atoms with E-state index >= 15 is 0 Å². The molecular weight excluding hydrogens is 405 g/mol. The second-order valence-corrected chi connectivity index (χ2v) is 8.94. The molecule has 32 heavy (non-hydrogen) atoms. The summed E-state index contributed by atoms with van der Waals surface area (Å²) in [5.41, 5.74) is 4.25. The Morgan fingerprint density at radius 2 is 1.91 bits per heavy atom. The fraction of sp³-hybridized carbons (Fsp3) is 0.444. The average molecular weight is 440 g/mol. The molecule has 2 aromatic rings. The van der Waals surface area contributed by atoms with Crippen molar-refractivity contribution < 1.29 is 18.7 Å². The molecule has 5 heteroatoms. The van der Waals surface area contributed by atoms with Crippen LogP contribution in [0.1, 0.15) is 57.3 Å². The molecule has 2 heterocycles. The zero-order chi connectivity index (χ0) is 22.9. The Balaban J connectivity index is 0.000000352. The molecule has 0 atom stereocenters. The van der Waals surface area contributed by atoms with E-state index < -0.39 is 5.97 Å². The van der Waals surface area contributed by atoms with Crippen molar-refractivity contribution in [3.63, 3.8) is 0 Å². The first kappa shape index (κ1) is 24.0. The molecule has 4 rings (SSSR count). The Hall–Kier alpha value is -2.66. The summed E-state index contributed by atoms with van der Waals surface area (Å²) in [5.74, 6) is 0.924. The van der Waals surface area contributed by atoms with Gasteiger partial charge in [0.05, 0.1) is 12.2 Å². The van der Waals surface area contributed by atoms with E-state index in [1.54, 1.807) is 0 Å². The number of fused-ring (bicyclic) bond motifs is 1. The Bertz CT molecular complexity index is 991. The number of hydrogen-bond donors (Lipinski definition) is 2. The SMILES string of the molecule is CC(=C/C=C(\C)c1cc2cc(CC3CCCCC3)ccc2o1)/C=C/F.O=C(O)C1CNC1. The topological polar surface area (TPSA) is 62.5 Å². The maximum Gasteiger partial charge on any atom is 0.309 e. The highest BCUT2D eigenvalue weighted by atomic mass is 19.1. The number of halogens is 1. The first-order chi connectivity index (χ1) is 15.5. The third kappa shape index (κ3) is 6.92. The molecular formula is C27H34FNO3. The van der Waals surface area contributed by atoms with Gasteiger partial charge in [0.1, 0.15) is 11.3 Å². The number of furan rings is 1. The van der Waals surface area contributed by atoms with Gasteiger partial charge in [-0.1, -0.05) is 50.3 Å². The third-order valence-corrected chi connectivity index (χ3v) is 6.27. The summed E-state index contributed by atoms with van der Waals surface area (Å²) in [6.07, 6.45) is 14.0. The van der Waals surface area contributed by atoms with Gasteiger partial charge in [0.2, 0.25) is 0 Å². The number of carboxylic acids is 1. The van der Waals surface area contributed by atoms with E-state index in [2.05, 4.69) is 29.6 Å². The number of nitrogens with one attached hydrogen (secondary N) is 1. The summed E-state index contributed by atoms with van der Waals surface area (Å²) in [5, 5.41) is 12.2. The number of benzene rings is 1. The number of aliphatic carboxylic acids is 1. The first-order valence-corrected chi connectivity index (χ1v) is 11.5. The van der Waals surface area contributed by atoms with E-state index in [1.165, 1.54) is 55.6 Å². The predicted molar refractivity (Wildman–Crippen MR) is 128 cm³/mol. The van der Waals surface area contributed by atoms with Gasteiger partial charge in [-0.3, -0.25) is 4.79 Å². The minimum atomic E-state index is -0.682. The van der Waals surface area contributed by atoms with E-state index in [4.69, 9.17) is 9.52 Å². The molecule has 1 aliphatic heterocycles. The molecule has 172 valence electrons. The van der Waals surface area contributed by atoms with Crippen LogP contribution in [0.4, 0.5) is 4.39 Å². The van der Waals surface area contributed by atoms with E-state index in [0.29, 0.717) is 19.4 Å². The van der Waals surface area contributed by atoms with Gasteiger partial charge in [0.25, 0.3) is 0 Å². The molecule has 4 nitrogen and oxygen atoms in total. The maximum atomic E-state index is 12.2.